The Morgan fingerprint density at radius 2 is 2.32 bits per heavy atom. The first-order chi connectivity index (χ1) is 9.31. The van der Waals surface area contributed by atoms with Crippen molar-refractivity contribution in [3.63, 3.8) is 0 Å². The Morgan fingerprint density at radius 1 is 1.42 bits per heavy atom. The maximum absolute atomic E-state index is 4.45. The zero-order valence-corrected chi connectivity index (χ0v) is 11.3. The van der Waals surface area contributed by atoms with Gasteiger partial charge in [-0.2, -0.15) is 0 Å². The SMILES string of the molecule is CC(CC1CCC1)Nc1ccc(-n2ccnc2)nc1. The molecule has 2 heterocycles. The Bertz CT molecular complexity index is 499. The third kappa shape index (κ3) is 2.95. The molecule has 0 saturated heterocycles. The molecule has 2 aromatic heterocycles. The lowest BCUT2D eigenvalue weighted by molar-refractivity contribution is 0.286. The number of aromatic nitrogens is 3. The van der Waals surface area contributed by atoms with Crippen LogP contribution in [-0.4, -0.2) is 20.6 Å². The summed E-state index contributed by atoms with van der Waals surface area (Å²) in [5.74, 6) is 1.83. The molecule has 0 bridgehead atoms. The normalized spacial score (nSPS) is 16.9. The molecule has 1 aliphatic carbocycles. The molecule has 1 N–H and O–H groups in total. The molecule has 0 radical (unpaired) electrons. The predicted octanol–water partition coefficient (Wildman–Crippen LogP) is 3.26. The second-order valence-corrected chi connectivity index (χ2v) is 5.45. The highest BCUT2D eigenvalue weighted by Crippen LogP contribution is 2.31. The summed E-state index contributed by atoms with van der Waals surface area (Å²) < 4.78 is 1.90. The quantitative estimate of drug-likeness (QED) is 0.893. The highest BCUT2D eigenvalue weighted by atomic mass is 15.1. The summed E-state index contributed by atoms with van der Waals surface area (Å²) >= 11 is 0. The van der Waals surface area contributed by atoms with Crippen molar-refractivity contribution in [2.75, 3.05) is 5.32 Å². The van der Waals surface area contributed by atoms with E-state index in [1.165, 1.54) is 25.7 Å². The summed E-state index contributed by atoms with van der Waals surface area (Å²) in [5.41, 5.74) is 1.09. The van der Waals surface area contributed by atoms with Gasteiger partial charge in [-0.15, -0.1) is 0 Å². The summed E-state index contributed by atoms with van der Waals surface area (Å²) in [7, 11) is 0. The van der Waals surface area contributed by atoms with Crippen molar-refractivity contribution in [3.05, 3.63) is 37.1 Å². The first kappa shape index (κ1) is 12.2. The summed E-state index contributed by atoms with van der Waals surface area (Å²) in [4.78, 5) is 8.47. The molecule has 1 atom stereocenters. The number of pyridine rings is 1. The monoisotopic (exact) mass is 256 g/mol. The second-order valence-electron chi connectivity index (χ2n) is 5.45. The van der Waals surface area contributed by atoms with Gasteiger partial charge in [-0.3, -0.25) is 4.57 Å². The summed E-state index contributed by atoms with van der Waals surface area (Å²) in [6, 6.07) is 4.62. The van der Waals surface area contributed by atoms with Gasteiger partial charge in [-0.1, -0.05) is 19.3 Å². The Morgan fingerprint density at radius 3 is 2.89 bits per heavy atom. The molecular formula is C15H20N4. The van der Waals surface area contributed by atoms with Crippen LogP contribution in [0.25, 0.3) is 5.82 Å². The fourth-order valence-electron chi connectivity index (χ4n) is 2.59. The van der Waals surface area contributed by atoms with Gasteiger partial charge in [-0.05, 0) is 31.4 Å². The lowest BCUT2D eigenvalue weighted by Gasteiger charge is -2.28. The molecule has 3 rings (SSSR count). The molecule has 0 spiro atoms. The maximum Gasteiger partial charge on any atom is 0.137 e. The Labute approximate surface area is 113 Å². The minimum atomic E-state index is 0.520. The van der Waals surface area contributed by atoms with E-state index in [0.29, 0.717) is 6.04 Å². The van der Waals surface area contributed by atoms with Crippen LogP contribution in [0.2, 0.25) is 0 Å². The highest BCUT2D eigenvalue weighted by Gasteiger charge is 2.19. The molecule has 4 heteroatoms. The summed E-state index contributed by atoms with van der Waals surface area (Å²) in [6.45, 7) is 2.25. The second kappa shape index (κ2) is 5.43. The molecule has 1 saturated carbocycles. The van der Waals surface area contributed by atoms with Gasteiger partial charge in [0.2, 0.25) is 0 Å². The minimum absolute atomic E-state index is 0.520. The van der Waals surface area contributed by atoms with Crippen LogP contribution >= 0.6 is 0 Å². The Balaban J connectivity index is 1.59. The van der Waals surface area contributed by atoms with E-state index >= 15 is 0 Å². The van der Waals surface area contributed by atoms with E-state index in [9.17, 15) is 0 Å². The molecule has 1 unspecified atom stereocenters. The van der Waals surface area contributed by atoms with Crippen LogP contribution in [0.1, 0.15) is 32.6 Å². The highest BCUT2D eigenvalue weighted by molar-refractivity contribution is 5.44. The average Bonchev–Trinajstić information content (AvgIpc) is 2.89. The molecule has 1 fully saturated rings. The molecule has 0 aliphatic heterocycles. The van der Waals surface area contributed by atoms with Gasteiger partial charge in [-0.25, -0.2) is 9.97 Å². The third-order valence-corrected chi connectivity index (χ3v) is 3.84. The van der Waals surface area contributed by atoms with Crippen LogP contribution in [0.5, 0.6) is 0 Å². The van der Waals surface area contributed by atoms with Crippen molar-refractivity contribution < 1.29 is 0 Å². The fraction of sp³-hybridized carbons (Fsp3) is 0.467. The van der Waals surface area contributed by atoms with E-state index in [1.807, 2.05) is 23.0 Å². The van der Waals surface area contributed by atoms with E-state index in [4.69, 9.17) is 0 Å². The van der Waals surface area contributed by atoms with Crippen molar-refractivity contribution in [2.24, 2.45) is 5.92 Å². The van der Waals surface area contributed by atoms with Gasteiger partial charge in [0.15, 0.2) is 0 Å². The maximum atomic E-state index is 4.45. The lowest BCUT2D eigenvalue weighted by Crippen LogP contribution is -2.23. The van der Waals surface area contributed by atoms with E-state index in [0.717, 1.165) is 17.4 Å². The van der Waals surface area contributed by atoms with Gasteiger partial charge in [0.25, 0.3) is 0 Å². The number of imidazole rings is 1. The van der Waals surface area contributed by atoms with Crippen molar-refractivity contribution >= 4 is 5.69 Å². The fourth-order valence-corrected chi connectivity index (χ4v) is 2.59. The number of hydrogen-bond donors (Lipinski definition) is 1. The van der Waals surface area contributed by atoms with E-state index in [2.05, 4.69) is 28.3 Å². The number of nitrogens with one attached hydrogen (secondary N) is 1. The third-order valence-electron chi connectivity index (χ3n) is 3.84. The van der Waals surface area contributed by atoms with Gasteiger partial charge in [0.05, 0.1) is 11.9 Å². The van der Waals surface area contributed by atoms with Crippen LogP contribution in [0, 0.1) is 5.92 Å². The molecule has 0 aromatic carbocycles. The van der Waals surface area contributed by atoms with Crippen molar-refractivity contribution in [1.82, 2.24) is 14.5 Å². The molecule has 2 aromatic rings. The molecule has 19 heavy (non-hydrogen) atoms. The van der Waals surface area contributed by atoms with E-state index in [-0.39, 0.29) is 0 Å². The van der Waals surface area contributed by atoms with Gasteiger partial charge in [0, 0.05) is 18.4 Å². The van der Waals surface area contributed by atoms with Crippen molar-refractivity contribution in [2.45, 2.75) is 38.6 Å². The summed E-state index contributed by atoms with van der Waals surface area (Å²) in [5, 5.41) is 3.53. The average molecular weight is 256 g/mol. The van der Waals surface area contributed by atoms with Crippen LogP contribution < -0.4 is 5.32 Å². The summed E-state index contributed by atoms with van der Waals surface area (Å²) in [6.07, 6.45) is 12.8. The van der Waals surface area contributed by atoms with E-state index < -0.39 is 0 Å². The molecule has 100 valence electrons. The molecule has 4 nitrogen and oxygen atoms in total. The van der Waals surface area contributed by atoms with Gasteiger partial charge in [0.1, 0.15) is 12.1 Å². The number of anilines is 1. The lowest BCUT2D eigenvalue weighted by atomic mass is 9.81. The molecule has 0 amide bonds. The Hall–Kier alpha value is -1.84. The zero-order valence-electron chi connectivity index (χ0n) is 11.3. The molecule has 1 aliphatic rings. The van der Waals surface area contributed by atoms with Crippen LogP contribution in [-0.2, 0) is 0 Å². The zero-order chi connectivity index (χ0) is 13.1. The number of hydrogen-bond acceptors (Lipinski definition) is 3. The van der Waals surface area contributed by atoms with Crippen LogP contribution in [0.15, 0.2) is 37.1 Å². The van der Waals surface area contributed by atoms with Gasteiger partial charge >= 0.3 is 0 Å². The van der Waals surface area contributed by atoms with Crippen LogP contribution in [0.3, 0.4) is 0 Å². The number of nitrogens with zero attached hydrogens (tertiary/aromatic N) is 3. The van der Waals surface area contributed by atoms with E-state index in [1.54, 1.807) is 12.5 Å². The number of rotatable bonds is 5. The first-order valence-corrected chi connectivity index (χ1v) is 7.02. The van der Waals surface area contributed by atoms with Crippen molar-refractivity contribution in [3.8, 4) is 5.82 Å². The van der Waals surface area contributed by atoms with Gasteiger partial charge < -0.3 is 5.32 Å². The minimum Gasteiger partial charge on any atom is -0.381 e. The smallest absolute Gasteiger partial charge is 0.137 e. The topological polar surface area (TPSA) is 42.7 Å². The van der Waals surface area contributed by atoms with Crippen LogP contribution in [0.4, 0.5) is 5.69 Å². The van der Waals surface area contributed by atoms with Crippen molar-refractivity contribution in [1.29, 1.82) is 0 Å². The predicted molar refractivity (Wildman–Crippen MR) is 76.4 cm³/mol. The largest absolute Gasteiger partial charge is 0.381 e. The Kier molecular flexibility index (Phi) is 3.49. The standard InChI is InChI=1S/C15H20N4/c1-12(9-13-3-2-4-13)18-14-5-6-15(17-10-14)19-8-7-16-11-19/h5-8,10-13,18H,2-4,9H2,1H3. The molecular weight excluding hydrogens is 236 g/mol. The first-order valence-electron chi connectivity index (χ1n) is 7.02.